The Hall–Kier alpha value is -2.44. The highest BCUT2D eigenvalue weighted by molar-refractivity contribution is 5.90. The topological polar surface area (TPSA) is 63.7 Å². The van der Waals surface area contributed by atoms with E-state index in [1.54, 1.807) is 25.4 Å². The molecule has 2 heterocycles. The molecule has 6 nitrogen and oxygen atoms in total. The van der Waals surface area contributed by atoms with E-state index in [9.17, 15) is 4.79 Å². The lowest BCUT2D eigenvalue weighted by atomic mass is 10.1. The molecule has 0 saturated carbocycles. The van der Waals surface area contributed by atoms with Crippen LogP contribution in [-0.4, -0.2) is 48.7 Å². The molecule has 0 aliphatic carbocycles. The Labute approximate surface area is 147 Å². The Balaban J connectivity index is 1.50. The van der Waals surface area contributed by atoms with Crippen LogP contribution in [0, 0.1) is 0 Å². The number of hydrogen-bond donors (Lipinski definition) is 1. The van der Waals surface area contributed by atoms with Gasteiger partial charge in [0.05, 0.1) is 26.2 Å². The molecule has 3 rings (SSSR count). The monoisotopic (exact) mass is 341 g/mol. The maximum atomic E-state index is 12.3. The van der Waals surface area contributed by atoms with Gasteiger partial charge in [0, 0.05) is 31.9 Å². The van der Waals surface area contributed by atoms with Crippen LogP contribution < -0.4 is 10.1 Å². The van der Waals surface area contributed by atoms with Gasteiger partial charge in [0.15, 0.2) is 0 Å². The zero-order valence-electron chi connectivity index (χ0n) is 14.4. The molecular weight excluding hydrogens is 318 g/mol. The number of methoxy groups -OCH3 is 1. The largest absolute Gasteiger partial charge is 0.497 e. The van der Waals surface area contributed by atoms with Crippen molar-refractivity contribution in [2.45, 2.75) is 19.1 Å². The van der Waals surface area contributed by atoms with Crippen LogP contribution in [-0.2, 0) is 16.1 Å². The first kappa shape index (κ1) is 17.4. The molecule has 6 heteroatoms. The van der Waals surface area contributed by atoms with Gasteiger partial charge in [0.2, 0.25) is 5.91 Å². The zero-order valence-corrected chi connectivity index (χ0v) is 14.4. The average Bonchev–Trinajstić information content (AvgIpc) is 2.63. The summed E-state index contributed by atoms with van der Waals surface area (Å²) >= 11 is 0. The summed E-state index contributed by atoms with van der Waals surface area (Å²) in [5.41, 5.74) is 1.27. The van der Waals surface area contributed by atoms with Crippen molar-refractivity contribution >= 4 is 11.7 Å². The van der Waals surface area contributed by atoms with Gasteiger partial charge < -0.3 is 14.8 Å². The molecule has 1 fully saturated rings. The fourth-order valence-electron chi connectivity index (χ4n) is 2.90. The highest BCUT2D eigenvalue weighted by Gasteiger charge is 2.23. The molecule has 0 bridgehead atoms. The van der Waals surface area contributed by atoms with Crippen molar-refractivity contribution in [2.75, 3.05) is 32.1 Å². The Kier molecular flexibility index (Phi) is 5.98. The maximum absolute atomic E-state index is 12.3. The van der Waals surface area contributed by atoms with Gasteiger partial charge in [0.1, 0.15) is 11.6 Å². The van der Waals surface area contributed by atoms with Gasteiger partial charge in [0.25, 0.3) is 0 Å². The molecule has 132 valence electrons. The maximum Gasteiger partial charge on any atom is 0.228 e. The summed E-state index contributed by atoms with van der Waals surface area (Å²) in [6, 6.07) is 13.8. The molecule has 1 N–H and O–H groups in total. The molecule has 1 amide bonds. The summed E-state index contributed by atoms with van der Waals surface area (Å²) in [4.78, 5) is 18.7. The summed E-state index contributed by atoms with van der Waals surface area (Å²) in [6.07, 6.45) is 1.81. The highest BCUT2D eigenvalue weighted by atomic mass is 16.5. The number of amides is 1. The van der Waals surface area contributed by atoms with E-state index in [0.717, 1.165) is 19.6 Å². The van der Waals surface area contributed by atoms with E-state index in [2.05, 4.69) is 27.3 Å². The van der Waals surface area contributed by atoms with Crippen molar-refractivity contribution in [3.8, 4) is 5.75 Å². The van der Waals surface area contributed by atoms with Crippen LogP contribution >= 0.6 is 0 Å². The number of pyridine rings is 1. The molecule has 1 aromatic carbocycles. The number of aromatic nitrogens is 1. The van der Waals surface area contributed by atoms with Crippen LogP contribution in [0.15, 0.2) is 48.7 Å². The molecule has 0 spiro atoms. The van der Waals surface area contributed by atoms with E-state index in [1.807, 2.05) is 18.2 Å². The number of anilines is 1. The lowest BCUT2D eigenvalue weighted by Crippen LogP contribution is -2.43. The predicted molar refractivity (Wildman–Crippen MR) is 95.5 cm³/mol. The number of nitrogens with one attached hydrogen (secondary N) is 1. The third kappa shape index (κ3) is 5.27. The first-order valence-electron chi connectivity index (χ1n) is 8.41. The Bertz CT molecular complexity index is 693. The molecule has 1 aliphatic rings. The first-order valence-corrected chi connectivity index (χ1v) is 8.41. The fourth-order valence-corrected chi connectivity index (χ4v) is 2.90. The fraction of sp³-hybridized carbons (Fsp3) is 0.368. The number of hydrogen-bond acceptors (Lipinski definition) is 5. The molecule has 25 heavy (non-hydrogen) atoms. The number of nitrogens with zero attached hydrogens (tertiary/aromatic N) is 2. The van der Waals surface area contributed by atoms with Crippen molar-refractivity contribution in [3.63, 3.8) is 0 Å². The Morgan fingerprint density at radius 1 is 1.36 bits per heavy atom. The third-order valence-electron chi connectivity index (χ3n) is 4.12. The number of rotatable bonds is 6. The Morgan fingerprint density at radius 3 is 3.00 bits per heavy atom. The standard InChI is InChI=1S/C19H23N3O3/c1-24-16-7-8-20-18(11-16)21-19(23)12-17-14-22(9-10-25-17)13-15-5-3-2-4-6-15/h2-8,11,17H,9-10,12-14H2,1H3,(H,20,21,23)/t17-/m0/s1. The van der Waals surface area contributed by atoms with E-state index in [0.29, 0.717) is 24.6 Å². The van der Waals surface area contributed by atoms with Crippen molar-refractivity contribution in [1.29, 1.82) is 0 Å². The van der Waals surface area contributed by atoms with Gasteiger partial charge in [-0.15, -0.1) is 0 Å². The predicted octanol–water partition coefficient (Wildman–Crippen LogP) is 2.32. The minimum atomic E-state index is -0.108. The van der Waals surface area contributed by atoms with Gasteiger partial charge >= 0.3 is 0 Å². The van der Waals surface area contributed by atoms with Crippen LogP contribution in [0.2, 0.25) is 0 Å². The first-order chi connectivity index (χ1) is 12.2. The minimum Gasteiger partial charge on any atom is -0.497 e. The lowest BCUT2D eigenvalue weighted by molar-refractivity contribution is -0.121. The van der Waals surface area contributed by atoms with Crippen molar-refractivity contribution in [1.82, 2.24) is 9.88 Å². The summed E-state index contributed by atoms with van der Waals surface area (Å²) in [5, 5.41) is 2.80. The second-order valence-corrected chi connectivity index (χ2v) is 6.05. The van der Waals surface area contributed by atoms with Gasteiger partial charge in [-0.05, 0) is 11.6 Å². The van der Waals surface area contributed by atoms with Gasteiger partial charge in [-0.3, -0.25) is 9.69 Å². The summed E-state index contributed by atoms with van der Waals surface area (Å²) in [5.74, 6) is 1.04. The number of benzene rings is 1. The van der Waals surface area contributed by atoms with Gasteiger partial charge in [-0.1, -0.05) is 30.3 Å². The smallest absolute Gasteiger partial charge is 0.228 e. The molecule has 2 aromatic rings. The molecule has 1 aliphatic heterocycles. The second-order valence-electron chi connectivity index (χ2n) is 6.05. The van der Waals surface area contributed by atoms with Crippen molar-refractivity contribution < 1.29 is 14.3 Å². The molecular formula is C19H23N3O3. The molecule has 1 aromatic heterocycles. The SMILES string of the molecule is COc1ccnc(NC(=O)C[C@H]2CN(Cc3ccccc3)CCO2)c1. The number of ether oxygens (including phenoxy) is 2. The molecule has 1 atom stereocenters. The second kappa shape index (κ2) is 8.60. The van der Waals surface area contributed by atoms with Crippen molar-refractivity contribution in [3.05, 3.63) is 54.2 Å². The van der Waals surface area contributed by atoms with Crippen LogP contribution in [0.3, 0.4) is 0 Å². The quantitative estimate of drug-likeness (QED) is 0.874. The van der Waals surface area contributed by atoms with Crippen LogP contribution in [0.4, 0.5) is 5.82 Å². The van der Waals surface area contributed by atoms with Crippen LogP contribution in [0.1, 0.15) is 12.0 Å². The molecule has 0 unspecified atom stereocenters. The number of morpholine rings is 1. The van der Waals surface area contributed by atoms with Crippen LogP contribution in [0.25, 0.3) is 0 Å². The summed E-state index contributed by atoms with van der Waals surface area (Å²) in [6.45, 7) is 3.14. The average molecular weight is 341 g/mol. The Morgan fingerprint density at radius 2 is 2.20 bits per heavy atom. The molecule has 0 radical (unpaired) electrons. The highest BCUT2D eigenvalue weighted by Crippen LogP contribution is 2.16. The van der Waals surface area contributed by atoms with Gasteiger partial charge in [-0.25, -0.2) is 4.98 Å². The van der Waals surface area contributed by atoms with Crippen molar-refractivity contribution in [2.24, 2.45) is 0 Å². The normalized spacial score (nSPS) is 17.9. The minimum absolute atomic E-state index is 0.104. The third-order valence-corrected chi connectivity index (χ3v) is 4.12. The van der Waals surface area contributed by atoms with Gasteiger partial charge in [-0.2, -0.15) is 0 Å². The molecule has 1 saturated heterocycles. The van der Waals surface area contributed by atoms with Crippen LogP contribution in [0.5, 0.6) is 5.75 Å². The van der Waals surface area contributed by atoms with E-state index < -0.39 is 0 Å². The zero-order chi connectivity index (χ0) is 17.5. The number of carbonyl (C=O) groups excluding carboxylic acids is 1. The van der Waals surface area contributed by atoms with E-state index in [4.69, 9.17) is 9.47 Å². The lowest BCUT2D eigenvalue weighted by Gasteiger charge is -2.32. The van der Waals surface area contributed by atoms with E-state index >= 15 is 0 Å². The van der Waals surface area contributed by atoms with E-state index in [-0.39, 0.29) is 12.0 Å². The number of carbonyl (C=O) groups is 1. The summed E-state index contributed by atoms with van der Waals surface area (Å²) in [7, 11) is 1.58. The summed E-state index contributed by atoms with van der Waals surface area (Å²) < 4.78 is 10.9. The van der Waals surface area contributed by atoms with E-state index in [1.165, 1.54) is 5.56 Å².